The molecular weight excluding hydrogens is 473 g/mol. The summed E-state index contributed by atoms with van der Waals surface area (Å²) in [6.45, 7) is 1.87. The molecule has 2 aliphatic heterocycles. The van der Waals surface area contributed by atoms with Crippen LogP contribution in [0.15, 0.2) is 65.9 Å². The number of hydrogen-bond donors (Lipinski definition) is 1. The van der Waals surface area contributed by atoms with Crippen LogP contribution in [0, 0.1) is 3.57 Å². The lowest BCUT2D eigenvalue weighted by atomic mass is 9.99. The first-order chi connectivity index (χ1) is 14.3. The predicted octanol–water partition coefficient (Wildman–Crippen LogP) is 4.34. The van der Waals surface area contributed by atoms with Gasteiger partial charge in [0, 0.05) is 40.0 Å². The number of benzene rings is 1. The molecule has 2 aliphatic rings. The summed E-state index contributed by atoms with van der Waals surface area (Å²) in [5.41, 5.74) is 6.78. The highest BCUT2D eigenvalue weighted by atomic mass is 127. The SMILES string of the molecule is C1=Ic2ccc(-c3cnc4[nH]ccc4c3)nc2C(N2CCc3ccccc3C2)=N1. The monoisotopic (exact) mass is 491 g/mol. The first-order valence-electron chi connectivity index (χ1n) is 9.65. The number of H-pyrrole nitrogens is 1. The maximum atomic E-state index is 5.07. The highest BCUT2D eigenvalue weighted by Crippen LogP contribution is 2.28. The number of pyridine rings is 2. The lowest BCUT2D eigenvalue weighted by Crippen LogP contribution is -2.38. The summed E-state index contributed by atoms with van der Waals surface area (Å²) in [5, 5.41) is 1.10. The minimum atomic E-state index is -0.234. The third-order valence-corrected chi connectivity index (χ3v) is 7.62. The van der Waals surface area contributed by atoms with Crippen molar-refractivity contribution in [2.45, 2.75) is 13.0 Å². The van der Waals surface area contributed by atoms with E-state index in [0.29, 0.717) is 0 Å². The van der Waals surface area contributed by atoms with Gasteiger partial charge < -0.3 is 9.88 Å². The van der Waals surface area contributed by atoms with Crippen LogP contribution in [-0.4, -0.2) is 36.4 Å². The minimum Gasteiger partial charge on any atom is -0.350 e. The minimum absolute atomic E-state index is 0.234. The fourth-order valence-electron chi connectivity index (χ4n) is 4.02. The molecule has 0 bridgehead atoms. The van der Waals surface area contributed by atoms with Crippen molar-refractivity contribution in [1.29, 1.82) is 0 Å². The van der Waals surface area contributed by atoms with Gasteiger partial charge in [0.05, 0.1) is 9.83 Å². The Bertz CT molecular complexity index is 1300. The van der Waals surface area contributed by atoms with Crippen LogP contribution in [0.25, 0.3) is 22.3 Å². The van der Waals surface area contributed by atoms with Crippen molar-refractivity contribution in [3.05, 3.63) is 81.3 Å². The summed E-state index contributed by atoms with van der Waals surface area (Å²) in [6.07, 6.45) is 4.86. The van der Waals surface area contributed by atoms with Crippen LogP contribution >= 0.6 is 20.7 Å². The van der Waals surface area contributed by atoms with Crippen LogP contribution in [0.1, 0.15) is 16.8 Å². The smallest absolute Gasteiger partial charge is 0.156 e. The van der Waals surface area contributed by atoms with E-state index < -0.39 is 0 Å². The number of fused-ring (bicyclic) bond motifs is 3. The maximum absolute atomic E-state index is 5.07. The first-order valence-corrected chi connectivity index (χ1v) is 12.0. The largest absolute Gasteiger partial charge is 0.350 e. The van der Waals surface area contributed by atoms with Crippen LogP contribution in [-0.2, 0) is 13.0 Å². The lowest BCUT2D eigenvalue weighted by Gasteiger charge is -2.32. The molecule has 0 radical (unpaired) electrons. The second-order valence-corrected chi connectivity index (χ2v) is 9.61. The second-order valence-electron chi connectivity index (χ2n) is 7.27. The van der Waals surface area contributed by atoms with Gasteiger partial charge in [-0.25, -0.2) is 15.0 Å². The molecule has 0 atom stereocenters. The second kappa shape index (κ2) is 6.88. The zero-order valence-electron chi connectivity index (χ0n) is 15.6. The van der Waals surface area contributed by atoms with Gasteiger partial charge in [-0.15, -0.1) is 0 Å². The molecule has 142 valence electrons. The molecule has 1 N–H and O–H groups in total. The molecule has 6 rings (SSSR count). The van der Waals surface area contributed by atoms with Gasteiger partial charge in [0.15, 0.2) is 5.84 Å². The Morgan fingerprint density at radius 1 is 1.03 bits per heavy atom. The number of aromatic amines is 1. The molecule has 6 heteroatoms. The van der Waals surface area contributed by atoms with E-state index in [9.17, 15) is 0 Å². The maximum Gasteiger partial charge on any atom is 0.156 e. The molecule has 0 saturated heterocycles. The van der Waals surface area contributed by atoms with E-state index in [-0.39, 0.29) is 20.7 Å². The van der Waals surface area contributed by atoms with Gasteiger partial charge >= 0.3 is 0 Å². The summed E-state index contributed by atoms with van der Waals surface area (Å²) >= 11 is -0.234. The Kier molecular flexibility index (Phi) is 4.04. The van der Waals surface area contributed by atoms with Gasteiger partial charge in [0.1, 0.15) is 11.3 Å². The van der Waals surface area contributed by atoms with Crippen molar-refractivity contribution >= 4 is 41.7 Å². The molecule has 0 aliphatic carbocycles. The normalized spacial score (nSPS) is 15.4. The van der Waals surface area contributed by atoms with E-state index in [0.717, 1.165) is 53.3 Å². The van der Waals surface area contributed by atoms with E-state index in [4.69, 9.17) is 9.98 Å². The van der Waals surface area contributed by atoms with Crippen molar-refractivity contribution in [3.63, 3.8) is 0 Å². The highest BCUT2D eigenvalue weighted by Gasteiger charge is 2.24. The molecule has 3 aromatic heterocycles. The highest BCUT2D eigenvalue weighted by molar-refractivity contribution is 14.2. The average Bonchev–Trinajstić information content (AvgIpc) is 3.26. The molecule has 0 unspecified atom stereocenters. The topological polar surface area (TPSA) is 57.2 Å². The van der Waals surface area contributed by atoms with Gasteiger partial charge in [0.2, 0.25) is 0 Å². The van der Waals surface area contributed by atoms with Crippen molar-refractivity contribution in [2.75, 3.05) is 6.54 Å². The van der Waals surface area contributed by atoms with Gasteiger partial charge in [-0.05, 0) is 41.8 Å². The zero-order valence-corrected chi connectivity index (χ0v) is 17.8. The Morgan fingerprint density at radius 3 is 2.93 bits per heavy atom. The number of halogens is 1. The van der Waals surface area contributed by atoms with Crippen LogP contribution in [0.2, 0.25) is 0 Å². The zero-order chi connectivity index (χ0) is 19.2. The van der Waals surface area contributed by atoms with E-state index in [1.807, 2.05) is 18.5 Å². The summed E-state index contributed by atoms with van der Waals surface area (Å²) < 4.78 is 3.46. The van der Waals surface area contributed by atoms with Crippen LogP contribution in [0.5, 0.6) is 0 Å². The summed E-state index contributed by atoms with van der Waals surface area (Å²) in [4.78, 5) is 20.0. The lowest BCUT2D eigenvalue weighted by molar-refractivity contribution is 0.394. The van der Waals surface area contributed by atoms with Crippen LogP contribution in [0.3, 0.4) is 0 Å². The number of nitrogens with zero attached hydrogens (tertiary/aromatic N) is 4. The molecule has 0 saturated carbocycles. The van der Waals surface area contributed by atoms with Crippen molar-refractivity contribution in [1.82, 2.24) is 19.9 Å². The molecule has 0 amide bonds. The third-order valence-electron chi connectivity index (χ3n) is 5.52. The Hall–Kier alpha value is -2.87. The van der Waals surface area contributed by atoms with Crippen molar-refractivity contribution in [3.8, 4) is 11.3 Å². The Balaban J connectivity index is 1.39. The fourth-order valence-corrected chi connectivity index (χ4v) is 5.77. The van der Waals surface area contributed by atoms with E-state index in [1.54, 1.807) is 0 Å². The van der Waals surface area contributed by atoms with E-state index >= 15 is 0 Å². The number of aromatic nitrogens is 3. The summed E-state index contributed by atoms with van der Waals surface area (Å²) in [5.74, 6) is 1.01. The molecule has 0 fully saturated rings. The number of hydrogen-bond acceptors (Lipinski definition) is 4. The van der Waals surface area contributed by atoms with Crippen LogP contribution < -0.4 is 0 Å². The van der Waals surface area contributed by atoms with Crippen LogP contribution in [0.4, 0.5) is 0 Å². The molecule has 4 aromatic rings. The van der Waals surface area contributed by atoms with E-state index in [2.05, 4.69) is 61.5 Å². The first kappa shape index (κ1) is 17.0. The molecule has 0 spiro atoms. The third kappa shape index (κ3) is 2.98. The standard InChI is InChI=1S/C23H18IN5/c1-2-4-17-13-29(10-8-15(17)3-1)23-21-19(24-14-27-23)5-6-20(28-21)18-11-16-7-9-25-22(16)26-12-18/h1-7,9,11-12,14H,8,10,13H2,(H,25,26). The number of rotatable bonds is 1. The van der Waals surface area contributed by atoms with Gasteiger partial charge in [-0.3, -0.25) is 0 Å². The molecule has 5 heterocycles. The van der Waals surface area contributed by atoms with Gasteiger partial charge in [-0.2, -0.15) is 0 Å². The molecule has 5 nitrogen and oxygen atoms in total. The molecule has 29 heavy (non-hydrogen) atoms. The Labute approximate surface area is 178 Å². The average molecular weight is 491 g/mol. The number of nitrogens with one attached hydrogen (secondary N) is 1. The van der Waals surface area contributed by atoms with Gasteiger partial charge in [0.25, 0.3) is 0 Å². The van der Waals surface area contributed by atoms with Gasteiger partial charge in [-0.1, -0.05) is 45.0 Å². The molecule has 1 aromatic carbocycles. The van der Waals surface area contributed by atoms with Crippen molar-refractivity contribution in [2.24, 2.45) is 4.99 Å². The Morgan fingerprint density at radius 2 is 1.97 bits per heavy atom. The number of amidine groups is 1. The quantitative estimate of drug-likeness (QED) is 0.403. The van der Waals surface area contributed by atoms with E-state index in [1.165, 1.54) is 14.7 Å². The summed E-state index contributed by atoms with van der Waals surface area (Å²) in [7, 11) is 0. The predicted molar refractivity (Wildman–Crippen MR) is 125 cm³/mol. The molecular formula is C23H18IN5. The fraction of sp³-hybridized carbons (Fsp3) is 0.130. The summed E-state index contributed by atoms with van der Waals surface area (Å²) in [6, 6.07) is 17.3. The number of aliphatic imine (C=N–C) groups is 1. The van der Waals surface area contributed by atoms with Crippen molar-refractivity contribution < 1.29 is 0 Å².